The zero-order valence-electron chi connectivity index (χ0n) is 7.64. The standard InChI is InChI=1S/C9H15NS/c1-7(2)9(8(3)4)5-10-6-11/h7H,5H2,1-4H3. The number of isothiocyanates is 1. The van der Waals surface area contributed by atoms with Crippen molar-refractivity contribution < 1.29 is 0 Å². The van der Waals surface area contributed by atoms with E-state index in [-0.39, 0.29) is 0 Å². The molecular weight excluding hydrogens is 154 g/mol. The summed E-state index contributed by atoms with van der Waals surface area (Å²) in [4.78, 5) is 3.92. The lowest BCUT2D eigenvalue weighted by molar-refractivity contribution is 0.734. The summed E-state index contributed by atoms with van der Waals surface area (Å²) >= 11 is 4.50. The van der Waals surface area contributed by atoms with E-state index in [1.54, 1.807) is 0 Å². The third-order valence-electron chi connectivity index (χ3n) is 1.65. The van der Waals surface area contributed by atoms with E-state index in [9.17, 15) is 0 Å². The molecule has 0 radical (unpaired) electrons. The fourth-order valence-corrected chi connectivity index (χ4v) is 1.10. The van der Waals surface area contributed by atoms with Gasteiger partial charge in [-0.05, 0) is 37.6 Å². The van der Waals surface area contributed by atoms with Gasteiger partial charge in [-0.1, -0.05) is 19.4 Å². The summed E-state index contributed by atoms with van der Waals surface area (Å²) < 4.78 is 0. The Labute approximate surface area is 74.2 Å². The molecule has 1 nitrogen and oxygen atoms in total. The van der Waals surface area contributed by atoms with Gasteiger partial charge >= 0.3 is 0 Å². The van der Waals surface area contributed by atoms with Crippen molar-refractivity contribution in [2.75, 3.05) is 6.54 Å². The number of hydrogen-bond acceptors (Lipinski definition) is 2. The summed E-state index contributed by atoms with van der Waals surface area (Å²) in [6.45, 7) is 9.26. The van der Waals surface area contributed by atoms with E-state index in [2.05, 4.69) is 50.1 Å². The van der Waals surface area contributed by atoms with Gasteiger partial charge < -0.3 is 0 Å². The minimum absolute atomic E-state index is 0.562. The van der Waals surface area contributed by atoms with Crippen molar-refractivity contribution >= 4 is 17.4 Å². The Hall–Kier alpha value is -0.460. The highest BCUT2D eigenvalue weighted by Crippen LogP contribution is 2.14. The molecule has 62 valence electrons. The van der Waals surface area contributed by atoms with E-state index in [0.717, 1.165) is 0 Å². The molecule has 0 aliphatic carbocycles. The van der Waals surface area contributed by atoms with Crippen molar-refractivity contribution in [1.29, 1.82) is 0 Å². The normalized spacial score (nSPS) is 9.18. The number of aliphatic imine (C=N–C) groups is 1. The molecule has 0 atom stereocenters. The van der Waals surface area contributed by atoms with E-state index >= 15 is 0 Å². The Morgan fingerprint density at radius 2 is 2.00 bits per heavy atom. The quantitative estimate of drug-likeness (QED) is 0.359. The minimum Gasteiger partial charge on any atom is -0.228 e. The van der Waals surface area contributed by atoms with Gasteiger partial charge in [-0.2, -0.15) is 0 Å². The van der Waals surface area contributed by atoms with Crippen molar-refractivity contribution in [2.45, 2.75) is 27.7 Å². The van der Waals surface area contributed by atoms with Crippen LogP contribution in [0.25, 0.3) is 0 Å². The molecule has 0 aromatic rings. The maximum atomic E-state index is 4.50. The summed E-state index contributed by atoms with van der Waals surface area (Å²) in [5.74, 6) is 0.562. The Kier molecular flexibility index (Phi) is 5.01. The Bertz CT molecular complexity index is 194. The molecule has 0 amide bonds. The fraction of sp³-hybridized carbons (Fsp3) is 0.667. The molecule has 0 aliphatic heterocycles. The van der Waals surface area contributed by atoms with Crippen LogP contribution in [0.1, 0.15) is 27.7 Å². The molecule has 2 heteroatoms. The number of thiocarbonyl (C=S) groups is 1. The van der Waals surface area contributed by atoms with Gasteiger partial charge in [0.25, 0.3) is 0 Å². The van der Waals surface area contributed by atoms with Crippen LogP contribution in [0.5, 0.6) is 0 Å². The molecule has 0 spiro atoms. The molecule has 0 aromatic carbocycles. The first-order valence-corrected chi connectivity index (χ1v) is 4.20. The number of nitrogens with zero attached hydrogens (tertiary/aromatic N) is 1. The minimum atomic E-state index is 0.562. The predicted molar refractivity (Wildman–Crippen MR) is 53.1 cm³/mol. The molecule has 0 rings (SSSR count). The lowest BCUT2D eigenvalue weighted by Crippen LogP contribution is -1.99. The van der Waals surface area contributed by atoms with Crippen LogP contribution in [-0.2, 0) is 0 Å². The largest absolute Gasteiger partial charge is 0.228 e. The molecule has 11 heavy (non-hydrogen) atoms. The fourth-order valence-electron chi connectivity index (χ4n) is 1.04. The molecule has 0 aliphatic rings. The highest BCUT2D eigenvalue weighted by Gasteiger charge is 2.02. The summed E-state index contributed by atoms with van der Waals surface area (Å²) in [5, 5.41) is 2.38. The molecule has 0 N–H and O–H groups in total. The third kappa shape index (κ3) is 4.07. The Balaban J connectivity index is 4.37. The first kappa shape index (κ1) is 10.5. The van der Waals surface area contributed by atoms with E-state index < -0.39 is 0 Å². The van der Waals surface area contributed by atoms with Crippen molar-refractivity contribution in [3.63, 3.8) is 0 Å². The van der Waals surface area contributed by atoms with Crippen LogP contribution >= 0.6 is 12.2 Å². The number of rotatable bonds is 3. The maximum Gasteiger partial charge on any atom is 0.0708 e. The molecule has 0 heterocycles. The van der Waals surface area contributed by atoms with Crippen LogP contribution in [0, 0.1) is 5.92 Å². The maximum absolute atomic E-state index is 4.50. The van der Waals surface area contributed by atoms with Crippen LogP contribution in [0.15, 0.2) is 16.1 Å². The van der Waals surface area contributed by atoms with Crippen molar-refractivity contribution in [3.8, 4) is 0 Å². The van der Waals surface area contributed by atoms with Crippen molar-refractivity contribution in [2.24, 2.45) is 10.9 Å². The second kappa shape index (κ2) is 5.22. The summed E-state index contributed by atoms with van der Waals surface area (Å²) in [6.07, 6.45) is 0. The molecule has 0 aromatic heterocycles. The second-order valence-corrected chi connectivity index (χ2v) is 3.27. The van der Waals surface area contributed by atoms with Crippen LogP contribution < -0.4 is 0 Å². The molecule has 0 fully saturated rings. The molecule has 0 bridgehead atoms. The Morgan fingerprint density at radius 3 is 2.27 bits per heavy atom. The molecule has 0 saturated heterocycles. The monoisotopic (exact) mass is 169 g/mol. The second-order valence-electron chi connectivity index (χ2n) is 3.09. The average molecular weight is 169 g/mol. The first-order valence-electron chi connectivity index (χ1n) is 3.79. The zero-order chi connectivity index (χ0) is 8.85. The summed E-state index contributed by atoms with van der Waals surface area (Å²) in [5.41, 5.74) is 2.70. The van der Waals surface area contributed by atoms with E-state index in [1.807, 2.05) is 0 Å². The van der Waals surface area contributed by atoms with E-state index in [4.69, 9.17) is 0 Å². The zero-order valence-corrected chi connectivity index (χ0v) is 8.46. The average Bonchev–Trinajstić information content (AvgIpc) is 1.87. The number of allylic oxidation sites excluding steroid dienone is 1. The van der Waals surface area contributed by atoms with Gasteiger partial charge in [0, 0.05) is 0 Å². The smallest absolute Gasteiger partial charge is 0.0708 e. The Morgan fingerprint density at radius 1 is 1.45 bits per heavy atom. The first-order chi connectivity index (χ1) is 5.09. The molecule has 0 unspecified atom stereocenters. The van der Waals surface area contributed by atoms with Crippen molar-refractivity contribution in [1.82, 2.24) is 0 Å². The highest BCUT2D eigenvalue weighted by atomic mass is 32.1. The van der Waals surface area contributed by atoms with Gasteiger partial charge in [0.05, 0.1) is 11.7 Å². The molecule has 0 saturated carbocycles. The molecular formula is C9H15NS. The van der Waals surface area contributed by atoms with E-state index in [0.29, 0.717) is 12.5 Å². The SMILES string of the molecule is CC(C)=C(CN=C=S)C(C)C. The van der Waals surface area contributed by atoms with Gasteiger partial charge in [-0.3, -0.25) is 0 Å². The van der Waals surface area contributed by atoms with Gasteiger partial charge in [0.15, 0.2) is 0 Å². The van der Waals surface area contributed by atoms with Gasteiger partial charge in [0.1, 0.15) is 0 Å². The predicted octanol–water partition coefficient (Wildman–Crippen LogP) is 3.08. The van der Waals surface area contributed by atoms with Gasteiger partial charge in [-0.15, -0.1) is 0 Å². The van der Waals surface area contributed by atoms with Crippen LogP contribution in [-0.4, -0.2) is 11.7 Å². The number of hydrogen-bond donors (Lipinski definition) is 0. The summed E-state index contributed by atoms with van der Waals surface area (Å²) in [6, 6.07) is 0. The van der Waals surface area contributed by atoms with Crippen LogP contribution in [0.3, 0.4) is 0 Å². The lowest BCUT2D eigenvalue weighted by atomic mass is 9.99. The van der Waals surface area contributed by atoms with Crippen LogP contribution in [0.2, 0.25) is 0 Å². The third-order valence-corrected chi connectivity index (χ3v) is 1.78. The highest BCUT2D eigenvalue weighted by molar-refractivity contribution is 7.78. The lowest BCUT2D eigenvalue weighted by Gasteiger charge is -2.09. The van der Waals surface area contributed by atoms with Gasteiger partial charge in [0.2, 0.25) is 0 Å². The van der Waals surface area contributed by atoms with Crippen LogP contribution in [0.4, 0.5) is 0 Å². The topological polar surface area (TPSA) is 12.4 Å². The van der Waals surface area contributed by atoms with E-state index in [1.165, 1.54) is 11.1 Å². The van der Waals surface area contributed by atoms with Gasteiger partial charge in [-0.25, -0.2) is 4.99 Å². The van der Waals surface area contributed by atoms with Crippen molar-refractivity contribution in [3.05, 3.63) is 11.1 Å². The summed E-state index contributed by atoms with van der Waals surface area (Å²) in [7, 11) is 0.